The maximum absolute atomic E-state index is 10.9. The van der Waals surface area contributed by atoms with Crippen molar-refractivity contribution in [1.82, 2.24) is 0 Å². The predicted octanol–water partition coefficient (Wildman–Crippen LogP) is 3.16. The molecule has 11 heteroatoms. The molecule has 0 fully saturated rings. The van der Waals surface area contributed by atoms with Gasteiger partial charge in [-0.25, -0.2) is 8.42 Å². The van der Waals surface area contributed by atoms with E-state index in [2.05, 4.69) is 0 Å². The van der Waals surface area contributed by atoms with Crippen LogP contribution >= 0.6 is 69.6 Å². The van der Waals surface area contributed by atoms with Gasteiger partial charge in [-0.3, -0.25) is 0 Å². The molecule has 0 saturated heterocycles. The fourth-order valence-corrected chi connectivity index (χ4v) is 3.39. The van der Waals surface area contributed by atoms with Crippen molar-refractivity contribution in [3.8, 4) is 0 Å². The number of hydrogen-bond acceptors (Lipinski definition) is 3. The minimum atomic E-state index is -4.85. The molecule has 0 rings (SSSR count). The fraction of sp³-hybridized carbons (Fsp3) is 1.00. The third kappa shape index (κ3) is 14.0. The van der Waals surface area contributed by atoms with Gasteiger partial charge in [-0.2, -0.15) is 0 Å². The molecule has 0 amide bonds. The number of hydrogen-bond donors (Lipinski definition) is 0. The Morgan fingerprint density at radius 2 is 1.22 bits per heavy atom. The Morgan fingerprint density at radius 1 is 0.826 bits per heavy atom. The van der Waals surface area contributed by atoms with E-state index in [0.29, 0.717) is 12.8 Å². The van der Waals surface area contributed by atoms with Crippen LogP contribution in [0.1, 0.15) is 57.8 Å². The SMILES string of the molecule is O=S(=O)([O-])C(Cl)(Cl)C(Cl)CCCCCCCCCC(Cl)(Cl)Cl.[K+]. The van der Waals surface area contributed by atoms with E-state index >= 15 is 0 Å². The van der Waals surface area contributed by atoms with Gasteiger partial charge in [0.25, 0.3) is 0 Å². The first-order valence-electron chi connectivity index (χ1n) is 6.92. The van der Waals surface area contributed by atoms with E-state index in [1.807, 2.05) is 0 Å². The van der Waals surface area contributed by atoms with Crippen LogP contribution in [0.5, 0.6) is 0 Å². The first kappa shape index (κ1) is 28.5. The standard InChI is InChI=1S/C12H20Cl6O3S.K/c13-10(12(17,18)22(19,20)21)8-6-4-2-1-3-5-7-9-11(14,15)16;/h10H,1-9H2,(H,19,20,21);/q;+1/p-1. The van der Waals surface area contributed by atoms with Crippen molar-refractivity contribution in [3.63, 3.8) is 0 Å². The molecular formula is C12H19Cl6KO3S. The molecule has 0 saturated carbocycles. The third-order valence-electron chi connectivity index (χ3n) is 3.12. The van der Waals surface area contributed by atoms with Gasteiger partial charge in [0.1, 0.15) is 10.1 Å². The first-order chi connectivity index (χ1) is 9.88. The summed E-state index contributed by atoms with van der Waals surface area (Å²) in [5.41, 5.74) is 0. The van der Waals surface area contributed by atoms with Gasteiger partial charge >= 0.3 is 51.4 Å². The number of alkyl halides is 6. The van der Waals surface area contributed by atoms with Crippen LogP contribution in [-0.4, -0.2) is 25.8 Å². The van der Waals surface area contributed by atoms with Crippen molar-refractivity contribution >= 4 is 79.7 Å². The summed E-state index contributed by atoms with van der Waals surface area (Å²) in [6, 6.07) is 0. The second kappa shape index (κ2) is 13.5. The molecule has 134 valence electrons. The Bertz CT molecular complexity index is 414. The average Bonchev–Trinajstić information content (AvgIpc) is 2.33. The molecule has 0 heterocycles. The zero-order chi connectivity index (χ0) is 17.4. The number of rotatable bonds is 11. The quantitative estimate of drug-likeness (QED) is 0.192. The van der Waals surface area contributed by atoms with Crippen LogP contribution in [0, 0.1) is 0 Å². The largest absolute Gasteiger partial charge is 1.00 e. The van der Waals surface area contributed by atoms with E-state index in [9.17, 15) is 13.0 Å². The van der Waals surface area contributed by atoms with E-state index in [4.69, 9.17) is 69.6 Å². The molecule has 1 atom stereocenters. The fourth-order valence-electron chi connectivity index (χ4n) is 1.86. The number of halogens is 6. The second-order valence-corrected chi connectivity index (χ2v) is 11.5. The van der Waals surface area contributed by atoms with Gasteiger partial charge in [0.15, 0.2) is 3.79 Å². The van der Waals surface area contributed by atoms with Crippen molar-refractivity contribution in [2.45, 2.75) is 70.6 Å². The number of unbranched alkanes of at least 4 members (excludes halogenated alkanes) is 6. The normalized spacial score (nSPS) is 14.4. The predicted molar refractivity (Wildman–Crippen MR) is 95.6 cm³/mol. The Kier molecular flexibility index (Phi) is 16.7. The van der Waals surface area contributed by atoms with Crippen LogP contribution in [0.2, 0.25) is 0 Å². The van der Waals surface area contributed by atoms with E-state index in [1.54, 1.807) is 0 Å². The van der Waals surface area contributed by atoms with Gasteiger partial charge in [-0.1, -0.05) is 96.5 Å². The Hall–Kier alpha value is 3.29. The minimum absolute atomic E-state index is 0. The molecule has 0 bridgehead atoms. The van der Waals surface area contributed by atoms with Crippen molar-refractivity contribution in [2.75, 3.05) is 0 Å². The molecule has 3 nitrogen and oxygen atoms in total. The summed E-state index contributed by atoms with van der Waals surface area (Å²) in [6.07, 6.45) is 7.21. The van der Waals surface area contributed by atoms with Crippen LogP contribution in [0.25, 0.3) is 0 Å². The average molecular weight is 495 g/mol. The van der Waals surface area contributed by atoms with Crippen molar-refractivity contribution in [1.29, 1.82) is 0 Å². The summed E-state index contributed by atoms with van der Waals surface area (Å²) in [5.74, 6) is 0. The van der Waals surface area contributed by atoms with Crippen LogP contribution in [0.3, 0.4) is 0 Å². The zero-order valence-corrected chi connectivity index (χ0v) is 21.3. The summed E-state index contributed by atoms with van der Waals surface area (Å²) in [6.45, 7) is 0. The maximum Gasteiger partial charge on any atom is 1.00 e. The summed E-state index contributed by atoms with van der Waals surface area (Å²) in [7, 11) is -4.85. The van der Waals surface area contributed by atoms with E-state index < -0.39 is 23.0 Å². The Morgan fingerprint density at radius 3 is 1.61 bits per heavy atom. The zero-order valence-electron chi connectivity index (χ0n) is 12.8. The first-order valence-corrected chi connectivity index (χ1v) is 10.7. The van der Waals surface area contributed by atoms with Gasteiger partial charge in [-0.15, -0.1) is 11.6 Å². The topological polar surface area (TPSA) is 57.2 Å². The summed E-state index contributed by atoms with van der Waals surface area (Å²) >= 11 is 33.7. The molecule has 0 aromatic rings. The van der Waals surface area contributed by atoms with Gasteiger partial charge in [-0.05, 0) is 19.3 Å². The molecular weight excluding hydrogens is 476 g/mol. The minimum Gasteiger partial charge on any atom is -0.746 e. The molecule has 0 aliphatic carbocycles. The van der Waals surface area contributed by atoms with Crippen LogP contribution in [0.4, 0.5) is 0 Å². The summed E-state index contributed by atoms with van der Waals surface area (Å²) in [5, 5.41) is -1.12. The van der Waals surface area contributed by atoms with Crippen LogP contribution in [-0.2, 0) is 10.1 Å². The molecule has 0 aromatic heterocycles. The maximum atomic E-state index is 10.9. The van der Waals surface area contributed by atoms with E-state index in [1.165, 1.54) is 0 Å². The Balaban J connectivity index is 0. The van der Waals surface area contributed by atoms with Crippen molar-refractivity contribution < 1.29 is 64.4 Å². The molecule has 0 N–H and O–H groups in total. The molecule has 0 aliphatic heterocycles. The van der Waals surface area contributed by atoms with Gasteiger partial charge in [0.2, 0.25) is 3.67 Å². The molecule has 0 radical (unpaired) electrons. The Labute approximate surface area is 211 Å². The molecule has 0 spiro atoms. The van der Waals surface area contributed by atoms with E-state index in [0.717, 1.165) is 38.5 Å². The van der Waals surface area contributed by atoms with Gasteiger partial charge in [0.05, 0.1) is 5.38 Å². The van der Waals surface area contributed by atoms with Gasteiger partial charge < -0.3 is 4.55 Å². The summed E-state index contributed by atoms with van der Waals surface area (Å²) < 4.78 is 29.0. The van der Waals surface area contributed by atoms with Crippen LogP contribution < -0.4 is 51.4 Å². The summed E-state index contributed by atoms with van der Waals surface area (Å²) in [4.78, 5) is 0. The molecule has 0 aliphatic rings. The van der Waals surface area contributed by atoms with Gasteiger partial charge in [0, 0.05) is 0 Å². The van der Waals surface area contributed by atoms with E-state index in [-0.39, 0.29) is 57.8 Å². The molecule has 0 aromatic carbocycles. The smallest absolute Gasteiger partial charge is 0.746 e. The monoisotopic (exact) mass is 492 g/mol. The van der Waals surface area contributed by atoms with Crippen LogP contribution in [0.15, 0.2) is 0 Å². The molecule has 23 heavy (non-hydrogen) atoms. The third-order valence-corrected chi connectivity index (χ3v) is 7.19. The molecule has 1 unspecified atom stereocenters. The van der Waals surface area contributed by atoms with Crippen molar-refractivity contribution in [3.05, 3.63) is 0 Å². The van der Waals surface area contributed by atoms with Crippen molar-refractivity contribution in [2.24, 2.45) is 0 Å². The second-order valence-electron chi connectivity index (χ2n) is 5.11.